The van der Waals surface area contributed by atoms with Crippen LogP contribution in [0.15, 0.2) is 30.3 Å². The summed E-state index contributed by atoms with van der Waals surface area (Å²) in [6.45, 7) is -1.96. The fourth-order valence-electron chi connectivity index (χ4n) is 1.20. The normalized spacial score (nSPS) is 10.8. The summed E-state index contributed by atoms with van der Waals surface area (Å²) in [6.07, 6.45) is -5.32. The molecule has 0 aliphatic heterocycles. The second kappa shape index (κ2) is 6.78. The minimum absolute atomic E-state index is 0.278. The zero-order valence-electron chi connectivity index (χ0n) is 10.6. The van der Waals surface area contributed by atoms with Crippen molar-refractivity contribution in [3.8, 4) is 5.75 Å². The van der Waals surface area contributed by atoms with Crippen molar-refractivity contribution in [2.24, 2.45) is 0 Å². The molecule has 0 spiro atoms. The lowest BCUT2D eigenvalue weighted by Crippen LogP contribution is -2.42. The third kappa shape index (κ3) is 6.07. The van der Waals surface area contributed by atoms with Crippen LogP contribution in [0.4, 0.5) is 18.0 Å². The molecular formula is C12H13F3N2O3. The number of hydrogen-bond acceptors (Lipinski definition) is 3. The summed E-state index contributed by atoms with van der Waals surface area (Å²) in [7, 11) is 1.25. The zero-order valence-corrected chi connectivity index (χ0v) is 10.6. The Bertz CT molecular complexity index is 463. The number of carbonyl (C=O) groups is 2. The molecule has 1 rings (SSSR count). The van der Waals surface area contributed by atoms with Crippen LogP contribution in [0.1, 0.15) is 0 Å². The van der Waals surface area contributed by atoms with Crippen molar-refractivity contribution in [2.75, 3.05) is 20.1 Å². The van der Waals surface area contributed by atoms with Crippen LogP contribution in [0.3, 0.4) is 0 Å². The average Bonchev–Trinajstić information content (AvgIpc) is 2.36. The van der Waals surface area contributed by atoms with Crippen molar-refractivity contribution in [3.63, 3.8) is 0 Å². The molecule has 0 aliphatic carbocycles. The van der Waals surface area contributed by atoms with Gasteiger partial charge >= 0.3 is 12.3 Å². The predicted octanol–water partition coefficient (Wildman–Crippen LogP) is 1.80. The highest BCUT2D eigenvalue weighted by Crippen LogP contribution is 2.12. The van der Waals surface area contributed by atoms with Gasteiger partial charge in [0.2, 0.25) is 5.91 Å². The Balaban J connectivity index is 2.40. The maximum atomic E-state index is 11.9. The molecule has 0 saturated heterocycles. The first-order valence-electron chi connectivity index (χ1n) is 5.59. The van der Waals surface area contributed by atoms with E-state index >= 15 is 0 Å². The summed E-state index contributed by atoms with van der Waals surface area (Å²) in [5.74, 6) is -0.644. The first-order valence-corrected chi connectivity index (χ1v) is 5.59. The van der Waals surface area contributed by atoms with Crippen molar-refractivity contribution in [1.82, 2.24) is 10.2 Å². The van der Waals surface area contributed by atoms with Gasteiger partial charge in [-0.25, -0.2) is 4.79 Å². The lowest BCUT2D eigenvalue weighted by atomic mass is 10.3. The van der Waals surface area contributed by atoms with Crippen LogP contribution in [0.5, 0.6) is 5.75 Å². The topological polar surface area (TPSA) is 58.6 Å². The third-order valence-electron chi connectivity index (χ3n) is 2.13. The van der Waals surface area contributed by atoms with Crippen molar-refractivity contribution in [2.45, 2.75) is 6.18 Å². The van der Waals surface area contributed by atoms with Crippen LogP contribution in [-0.4, -0.2) is 43.2 Å². The Morgan fingerprint density at radius 2 is 1.85 bits per heavy atom. The van der Waals surface area contributed by atoms with Crippen LogP contribution in [-0.2, 0) is 4.79 Å². The number of likely N-dealkylation sites (N-methyl/N-ethyl adjacent to an activating group) is 1. The average molecular weight is 290 g/mol. The highest BCUT2D eigenvalue weighted by molar-refractivity contribution is 5.82. The Hall–Kier alpha value is -2.25. The molecule has 0 unspecified atom stereocenters. The zero-order chi connectivity index (χ0) is 15.2. The summed E-state index contributed by atoms with van der Waals surface area (Å²) in [4.78, 5) is 23.6. The molecule has 0 aliphatic rings. The summed E-state index contributed by atoms with van der Waals surface area (Å²) < 4.78 is 40.5. The molecule has 0 heterocycles. The molecule has 0 atom stereocenters. The Morgan fingerprint density at radius 1 is 1.25 bits per heavy atom. The molecule has 0 saturated carbocycles. The van der Waals surface area contributed by atoms with Crippen LogP contribution < -0.4 is 10.1 Å². The second-order valence-corrected chi connectivity index (χ2v) is 3.93. The van der Waals surface area contributed by atoms with E-state index in [1.807, 2.05) is 0 Å². The SMILES string of the molecule is CN(CC(=O)NCC(F)(F)F)C(=O)Oc1ccccc1. The molecule has 8 heteroatoms. The Labute approximate surface area is 113 Å². The smallest absolute Gasteiger partial charge is 0.410 e. The van der Waals surface area contributed by atoms with Crippen molar-refractivity contribution >= 4 is 12.0 Å². The molecule has 1 N–H and O–H groups in total. The van der Waals surface area contributed by atoms with Gasteiger partial charge in [0.05, 0.1) is 0 Å². The second-order valence-electron chi connectivity index (χ2n) is 3.93. The van der Waals surface area contributed by atoms with E-state index in [0.717, 1.165) is 4.90 Å². The molecule has 5 nitrogen and oxygen atoms in total. The number of para-hydroxylation sites is 1. The van der Waals surface area contributed by atoms with E-state index < -0.39 is 31.3 Å². The Morgan fingerprint density at radius 3 is 2.40 bits per heavy atom. The first kappa shape index (κ1) is 15.8. The summed E-state index contributed by atoms with van der Waals surface area (Å²) >= 11 is 0. The fraction of sp³-hybridized carbons (Fsp3) is 0.333. The van der Waals surface area contributed by atoms with Crippen LogP contribution >= 0.6 is 0 Å². The molecule has 0 bridgehead atoms. The van der Waals surface area contributed by atoms with E-state index in [4.69, 9.17) is 4.74 Å². The maximum Gasteiger partial charge on any atom is 0.415 e. The van der Waals surface area contributed by atoms with Gasteiger partial charge in [0.25, 0.3) is 0 Å². The number of ether oxygens (including phenoxy) is 1. The summed E-state index contributed by atoms with van der Waals surface area (Å²) in [5, 5.41) is 1.66. The lowest BCUT2D eigenvalue weighted by molar-refractivity contribution is -0.138. The van der Waals surface area contributed by atoms with Gasteiger partial charge in [0.1, 0.15) is 18.8 Å². The van der Waals surface area contributed by atoms with Crippen LogP contribution in [0.25, 0.3) is 0 Å². The molecular weight excluding hydrogens is 277 g/mol. The number of rotatable bonds is 4. The maximum absolute atomic E-state index is 11.9. The lowest BCUT2D eigenvalue weighted by Gasteiger charge is -2.16. The standard InChI is InChI=1S/C12H13F3N2O3/c1-17(7-10(18)16-8-12(13,14)15)11(19)20-9-5-3-2-4-6-9/h2-6H,7-8H2,1H3,(H,16,18). The number of nitrogens with one attached hydrogen (secondary N) is 1. The molecule has 1 aromatic rings. The van der Waals surface area contributed by atoms with Gasteiger partial charge in [-0.15, -0.1) is 0 Å². The van der Waals surface area contributed by atoms with Crippen LogP contribution in [0.2, 0.25) is 0 Å². The highest BCUT2D eigenvalue weighted by Gasteiger charge is 2.28. The van der Waals surface area contributed by atoms with Gasteiger partial charge in [-0.2, -0.15) is 13.2 Å². The van der Waals surface area contributed by atoms with E-state index in [2.05, 4.69) is 0 Å². The number of nitrogens with zero attached hydrogens (tertiary/aromatic N) is 1. The minimum atomic E-state index is -4.49. The molecule has 0 aromatic heterocycles. The number of halogens is 3. The van der Waals surface area contributed by atoms with Crippen molar-refractivity contribution in [1.29, 1.82) is 0 Å². The molecule has 110 valence electrons. The largest absolute Gasteiger partial charge is 0.415 e. The van der Waals surface area contributed by atoms with Gasteiger partial charge in [-0.1, -0.05) is 18.2 Å². The number of amides is 2. The number of alkyl halides is 3. The van der Waals surface area contributed by atoms with E-state index in [1.54, 1.807) is 23.5 Å². The molecule has 0 fully saturated rings. The fourth-order valence-corrected chi connectivity index (χ4v) is 1.20. The van der Waals surface area contributed by atoms with Crippen molar-refractivity contribution in [3.05, 3.63) is 30.3 Å². The van der Waals surface area contributed by atoms with Gasteiger partial charge < -0.3 is 15.0 Å². The molecule has 1 aromatic carbocycles. The minimum Gasteiger partial charge on any atom is -0.410 e. The van der Waals surface area contributed by atoms with E-state index in [-0.39, 0.29) is 5.75 Å². The van der Waals surface area contributed by atoms with Gasteiger partial charge in [0.15, 0.2) is 0 Å². The van der Waals surface area contributed by atoms with E-state index in [9.17, 15) is 22.8 Å². The summed E-state index contributed by atoms with van der Waals surface area (Å²) in [5.41, 5.74) is 0. The van der Waals surface area contributed by atoms with Gasteiger partial charge in [-0.05, 0) is 12.1 Å². The van der Waals surface area contributed by atoms with Gasteiger partial charge in [0, 0.05) is 7.05 Å². The molecule has 0 radical (unpaired) electrons. The van der Waals surface area contributed by atoms with Gasteiger partial charge in [-0.3, -0.25) is 4.79 Å². The Kier molecular flexibility index (Phi) is 5.36. The van der Waals surface area contributed by atoms with Crippen LogP contribution in [0, 0.1) is 0 Å². The highest BCUT2D eigenvalue weighted by atomic mass is 19.4. The molecule has 2 amide bonds. The predicted molar refractivity (Wildman–Crippen MR) is 64.2 cm³/mol. The number of benzene rings is 1. The summed E-state index contributed by atoms with van der Waals surface area (Å²) in [6, 6.07) is 8.11. The molecule has 20 heavy (non-hydrogen) atoms. The van der Waals surface area contributed by atoms with Crippen molar-refractivity contribution < 1.29 is 27.5 Å². The quantitative estimate of drug-likeness (QED) is 0.920. The number of carbonyl (C=O) groups excluding carboxylic acids is 2. The third-order valence-corrected chi connectivity index (χ3v) is 2.13. The van der Waals surface area contributed by atoms with E-state index in [1.165, 1.54) is 19.2 Å². The first-order chi connectivity index (χ1) is 9.28. The van der Waals surface area contributed by atoms with E-state index in [0.29, 0.717) is 0 Å². The monoisotopic (exact) mass is 290 g/mol. The number of hydrogen-bond donors (Lipinski definition) is 1.